The van der Waals surface area contributed by atoms with Crippen molar-refractivity contribution in [2.24, 2.45) is 0 Å². The lowest BCUT2D eigenvalue weighted by molar-refractivity contribution is -0.123. The van der Waals surface area contributed by atoms with Crippen molar-refractivity contribution in [2.45, 2.75) is 0 Å². The fourth-order valence-electron chi connectivity index (χ4n) is 2.62. The van der Waals surface area contributed by atoms with Gasteiger partial charge in [0.15, 0.2) is 16.6 Å². The molecule has 0 unspecified atom stereocenters. The van der Waals surface area contributed by atoms with Gasteiger partial charge in [-0.3, -0.25) is 20.2 Å². The molecule has 0 saturated carbocycles. The molecule has 2 aliphatic heterocycles. The van der Waals surface area contributed by atoms with Crippen LogP contribution in [0.3, 0.4) is 0 Å². The Morgan fingerprint density at radius 1 is 0.880 bits per heavy atom. The number of ether oxygens (including phenoxy) is 2. The molecule has 0 atom stereocenters. The van der Waals surface area contributed by atoms with E-state index in [2.05, 4.69) is 10.6 Å². The first kappa shape index (κ1) is 15.3. The van der Waals surface area contributed by atoms with Gasteiger partial charge in [-0.05, 0) is 47.1 Å². The minimum atomic E-state index is -0.506. The van der Waals surface area contributed by atoms with Gasteiger partial charge in [0.2, 0.25) is 6.79 Å². The van der Waals surface area contributed by atoms with E-state index in [4.69, 9.17) is 21.7 Å². The Bertz CT molecular complexity index is 913. The molecular weight excluding hydrogens is 340 g/mol. The molecule has 2 heterocycles. The first-order valence-corrected chi connectivity index (χ1v) is 7.89. The second-order valence-electron chi connectivity index (χ2n) is 5.49. The number of nitrogens with one attached hydrogen (secondary N) is 2. The molecular formula is C18H12N2O4S. The molecule has 2 aromatic rings. The Morgan fingerprint density at radius 2 is 1.52 bits per heavy atom. The highest BCUT2D eigenvalue weighted by Crippen LogP contribution is 2.35. The summed E-state index contributed by atoms with van der Waals surface area (Å²) in [5.41, 5.74) is 2.73. The fourth-order valence-corrected chi connectivity index (χ4v) is 2.81. The SMILES string of the molecule is O=C1NC(=S)NC(=O)C1=Cc1ccc(-c2ccc3c(c2)OCO3)cc1. The zero-order chi connectivity index (χ0) is 17.4. The summed E-state index contributed by atoms with van der Waals surface area (Å²) in [6.07, 6.45) is 1.52. The average molecular weight is 352 g/mol. The maximum Gasteiger partial charge on any atom is 0.263 e. The highest BCUT2D eigenvalue weighted by Gasteiger charge is 2.25. The van der Waals surface area contributed by atoms with Crippen LogP contribution in [0.1, 0.15) is 5.56 Å². The van der Waals surface area contributed by atoms with Crippen LogP contribution in [0, 0.1) is 0 Å². The summed E-state index contributed by atoms with van der Waals surface area (Å²) in [6.45, 7) is 0.235. The van der Waals surface area contributed by atoms with Gasteiger partial charge in [-0.25, -0.2) is 0 Å². The van der Waals surface area contributed by atoms with Crippen molar-refractivity contribution < 1.29 is 19.1 Å². The maximum absolute atomic E-state index is 11.9. The van der Waals surface area contributed by atoms with Crippen molar-refractivity contribution >= 4 is 35.2 Å². The third kappa shape index (κ3) is 2.97. The molecule has 2 aromatic carbocycles. The third-order valence-corrected chi connectivity index (χ3v) is 4.08. The van der Waals surface area contributed by atoms with Crippen molar-refractivity contribution in [1.82, 2.24) is 10.6 Å². The molecule has 1 saturated heterocycles. The molecule has 0 aliphatic carbocycles. The van der Waals surface area contributed by atoms with Gasteiger partial charge in [0.05, 0.1) is 0 Å². The van der Waals surface area contributed by atoms with Gasteiger partial charge >= 0.3 is 0 Å². The summed E-state index contributed by atoms with van der Waals surface area (Å²) in [4.78, 5) is 23.7. The van der Waals surface area contributed by atoms with Crippen molar-refractivity contribution in [2.75, 3.05) is 6.79 Å². The van der Waals surface area contributed by atoms with E-state index >= 15 is 0 Å². The van der Waals surface area contributed by atoms with Gasteiger partial charge in [0, 0.05) is 0 Å². The van der Waals surface area contributed by atoms with Crippen LogP contribution in [-0.4, -0.2) is 23.7 Å². The Kier molecular flexibility index (Phi) is 3.70. The highest BCUT2D eigenvalue weighted by atomic mass is 32.1. The minimum Gasteiger partial charge on any atom is -0.454 e. The number of rotatable bonds is 2. The molecule has 2 amide bonds. The molecule has 0 spiro atoms. The van der Waals surface area contributed by atoms with Gasteiger partial charge in [-0.2, -0.15) is 0 Å². The van der Waals surface area contributed by atoms with Crippen molar-refractivity contribution in [3.05, 3.63) is 53.6 Å². The molecule has 0 bridgehead atoms. The molecule has 2 aliphatic rings. The van der Waals surface area contributed by atoms with Crippen LogP contribution in [-0.2, 0) is 9.59 Å². The predicted molar refractivity (Wildman–Crippen MR) is 94.9 cm³/mol. The van der Waals surface area contributed by atoms with E-state index in [9.17, 15) is 9.59 Å². The second-order valence-corrected chi connectivity index (χ2v) is 5.89. The molecule has 1 fully saturated rings. The summed E-state index contributed by atoms with van der Waals surface area (Å²) in [5.74, 6) is 0.440. The van der Waals surface area contributed by atoms with Gasteiger partial charge in [-0.15, -0.1) is 0 Å². The number of thiocarbonyl (C=S) groups is 1. The number of amides is 2. The Morgan fingerprint density at radius 3 is 2.24 bits per heavy atom. The van der Waals surface area contributed by atoms with Gasteiger partial charge in [0.25, 0.3) is 11.8 Å². The topological polar surface area (TPSA) is 76.7 Å². The Balaban J connectivity index is 1.60. The van der Waals surface area contributed by atoms with Crippen LogP contribution >= 0.6 is 12.2 Å². The number of hydrogen-bond acceptors (Lipinski definition) is 5. The summed E-state index contributed by atoms with van der Waals surface area (Å²) >= 11 is 4.77. The maximum atomic E-state index is 11.9. The molecule has 7 heteroatoms. The van der Waals surface area contributed by atoms with Crippen LogP contribution in [0.2, 0.25) is 0 Å². The monoisotopic (exact) mass is 352 g/mol. The Labute approximate surface area is 148 Å². The minimum absolute atomic E-state index is 0.0180. The van der Waals surface area contributed by atoms with Crippen LogP contribution in [0.15, 0.2) is 48.0 Å². The van der Waals surface area contributed by atoms with E-state index < -0.39 is 11.8 Å². The molecule has 0 aromatic heterocycles. The number of hydrogen-bond donors (Lipinski definition) is 2. The largest absolute Gasteiger partial charge is 0.454 e. The molecule has 6 nitrogen and oxygen atoms in total. The number of fused-ring (bicyclic) bond motifs is 1. The van der Waals surface area contributed by atoms with E-state index in [1.54, 1.807) is 0 Å². The van der Waals surface area contributed by atoms with Crippen LogP contribution in [0.5, 0.6) is 11.5 Å². The summed E-state index contributed by atoms with van der Waals surface area (Å²) in [5, 5.41) is 4.83. The molecule has 4 rings (SSSR count). The van der Waals surface area contributed by atoms with Crippen molar-refractivity contribution in [3.63, 3.8) is 0 Å². The predicted octanol–water partition coefficient (Wildman–Crippen LogP) is 2.00. The summed E-state index contributed by atoms with van der Waals surface area (Å²) < 4.78 is 10.7. The number of carbonyl (C=O) groups excluding carboxylic acids is 2. The van der Waals surface area contributed by atoms with E-state index in [0.29, 0.717) is 0 Å². The van der Waals surface area contributed by atoms with Crippen LogP contribution in [0.4, 0.5) is 0 Å². The van der Waals surface area contributed by atoms with Gasteiger partial charge in [0.1, 0.15) is 5.57 Å². The smallest absolute Gasteiger partial charge is 0.263 e. The molecule has 0 radical (unpaired) electrons. The first-order valence-electron chi connectivity index (χ1n) is 7.48. The summed E-state index contributed by atoms with van der Waals surface area (Å²) in [7, 11) is 0. The number of carbonyl (C=O) groups is 2. The van der Waals surface area contributed by atoms with E-state index in [0.717, 1.165) is 28.2 Å². The Hall–Kier alpha value is -3.19. The molecule has 124 valence electrons. The summed E-state index contributed by atoms with van der Waals surface area (Å²) in [6, 6.07) is 13.2. The second kappa shape index (κ2) is 6.03. The fraction of sp³-hybridized carbons (Fsp3) is 0.0556. The van der Waals surface area contributed by atoms with E-state index in [1.165, 1.54) is 6.08 Å². The third-order valence-electron chi connectivity index (χ3n) is 3.87. The zero-order valence-electron chi connectivity index (χ0n) is 12.9. The normalized spacial score (nSPS) is 15.7. The van der Waals surface area contributed by atoms with E-state index in [1.807, 2.05) is 42.5 Å². The van der Waals surface area contributed by atoms with Crippen LogP contribution in [0.25, 0.3) is 17.2 Å². The van der Waals surface area contributed by atoms with Crippen molar-refractivity contribution in [3.8, 4) is 22.6 Å². The lowest BCUT2D eigenvalue weighted by atomic mass is 10.0. The average Bonchev–Trinajstić information content (AvgIpc) is 3.06. The molecule has 25 heavy (non-hydrogen) atoms. The van der Waals surface area contributed by atoms with Gasteiger partial charge in [-0.1, -0.05) is 30.3 Å². The molecule has 2 N–H and O–H groups in total. The quantitative estimate of drug-likeness (QED) is 0.491. The van der Waals surface area contributed by atoms with E-state index in [-0.39, 0.29) is 17.5 Å². The first-order chi connectivity index (χ1) is 12.1. The zero-order valence-corrected chi connectivity index (χ0v) is 13.7. The lowest BCUT2D eigenvalue weighted by Crippen LogP contribution is -2.51. The van der Waals surface area contributed by atoms with Gasteiger partial charge < -0.3 is 9.47 Å². The standard InChI is InChI=1S/C18H12N2O4S/c21-16-13(17(22)20-18(25)19-16)7-10-1-3-11(4-2-10)12-5-6-14-15(8-12)24-9-23-14/h1-8H,9H2,(H2,19,20,21,22,25). The number of benzene rings is 2. The van der Waals surface area contributed by atoms with Crippen molar-refractivity contribution in [1.29, 1.82) is 0 Å². The van der Waals surface area contributed by atoms with Crippen LogP contribution < -0.4 is 20.1 Å². The lowest BCUT2D eigenvalue weighted by Gasteiger charge is -2.16. The highest BCUT2D eigenvalue weighted by molar-refractivity contribution is 7.80.